The fourth-order valence-corrected chi connectivity index (χ4v) is 4.45. The lowest BCUT2D eigenvalue weighted by molar-refractivity contribution is -0.118. The number of hydrogen-bond donors (Lipinski definition) is 1. The summed E-state index contributed by atoms with van der Waals surface area (Å²) in [5.41, 5.74) is 7.46. The first-order valence-electron chi connectivity index (χ1n) is 9.13. The molecule has 1 N–H and O–H groups in total. The highest BCUT2D eigenvalue weighted by atomic mass is 35.5. The van der Waals surface area contributed by atoms with Gasteiger partial charge in [-0.2, -0.15) is 5.10 Å². The zero-order valence-corrected chi connectivity index (χ0v) is 19.5. The molecule has 0 saturated carbocycles. The van der Waals surface area contributed by atoms with Gasteiger partial charge < -0.3 is 4.57 Å². The van der Waals surface area contributed by atoms with Gasteiger partial charge in [0, 0.05) is 43.5 Å². The molecule has 2 aromatic carbocycles. The van der Waals surface area contributed by atoms with E-state index in [1.54, 1.807) is 12.3 Å². The van der Waals surface area contributed by atoms with Crippen LogP contribution in [-0.4, -0.2) is 22.4 Å². The summed E-state index contributed by atoms with van der Waals surface area (Å²) in [7, 11) is 0. The lowest BCUT2D eigenvalue weighted by Gasteiger charge is -2.10. The molecule has 0 radical (unpaired) electrons. The molecule has 1 heterocycles. The van der Waals surface area contributed by atoms with Gasteiger partial charge in [0.2, 0.25) is 5.91 Å². The Kier molecular flexibility index (Phi) is 7.89. The molecule has 30 heavy (non-hydrogen) atoms. The number of thioether (sulfide) groups is 1. The lowest BCUT2D eigenvalue weighted by atomic mass is 10.2. The smallest absolute Gasteiger partial charge is 0.250 e. The zero-order valence-electron chi connectivity index (χ0n) is 16.5. The summed E-state index contributed by atoms with van der Waals surface area (Å²) in [6, 6.07) is 15.0. The molecule has 3 aromatic rings. The Morgan fingerprint density at radius 2 is 1.70 bits per heavy atom. The lowest BCUT2D eigenvalue weighted by Crippen LogP contribution is -2.19. The molecule has 0 bridgehead atoms. The van der Waals surface area contributed by atoms with E-state index in [2.05, 4.69) is 10.5 Å². The number of amides is 1. The number of carbonyl (C=O) groups excluding carboxylic acids is 1. The highest BCUT2D eigenvalue weighted by Crippen LogP contribution is 2.26. The third-order valence-electron chi connectivity index (χ3n) is 4.38. The average molecular weight is 481 g/mol. The van der Waals surface area contributed by atoms with Crippen LogP contribution in [0.4, 0.5) is 0 Å². The summed E-state index contributed by atoms with van der Waals surface area (Å²) in [4.78, 5) is 12.0. The van der Waals surface area contributed by atoms with Crippen molar-refractivity contribution in [3.8, 4) is 5.69 Å². The monoisotopic (exact) mass is 479 g/mol. The number of halogens is 3. The van der Waals surface area contributed by atoms with E-state index < -0.39 is 0 Å². The fourth-order valence-electron chi connectivity index (χ4n) is 3.03. The van der Waals surface area contributed by atoms with Crippen molar-refractivity contribution in [2.75, 3.05) is 5.75 Å². The van der Waals surface area contributed by atoms with E-state index >= 15 is 0 Å². The largest absolute Gasteiger partial charge is 0.318 e. The number of nitrogens with one attached hydrogen (secondary N) is 1. The summed E-state index contributed by atoms with van der Waals surface area (Å²) >= 11 is 19.7. The van der Waals surface area contributed by atoms with Gasteiger partial charge in [-0.25, -0.2) is 5.43 Å². The normalized spacial score (nSPS) is 11.2. The molecule has 0 aliphatic heterocycles. The molecule has 156 valence electrons. The highest BCUT2D eigenvalue weighted by Gasteiger charge is 2.11. The van der Waals surface area contributed by atoms with Crippen molar-refractivity contribution in [3.05, 3.63) is 86.1 Å². The molecule has 0 unspecified atom stereocenters. The summed E-state index contributed by atoms with van der Waals surface area (Å²) in [6.07, 6.45) is 1.65. The van der Waals surface area contributed by atoms with Gasteiger partial charge in [0.05, 0.1) is 12.0 Å². The maximum absolute atomic E-state index is 12.0. The predicted octanol–water partition coefficient (Wildman–Crippen LogP) is 6.44. The quantitative estimate of drug-likeness (QED) is 0.312. The number of carbonyl (C=O) groups is 1. The predicted molar refractivity (Wildman–Crippen MR) is 129 cm³/mol. The van der Waals surface area contributed by atoms with Crippen molar-refractivity contribution < 1.29 is 4.79 Å². The summed E-state index contributed by atoms with van der Waals surface area (Å²) in [6.45, 7) is 3.97. The second-order valence-electron chi connectivity index (χ2n) is 6.70. The number of aromatic nitrogens is 1. The van der Waals surface area contributed by atoms with Crippen LogP contribution < -0.4 is 5.43 Å². The number of benzene rings is 2. The molecule has 0 aliphatic carbocycles. The Morgan fingerprint density at radius 3 is 2.37 bits per heavy atom. The SMILES string of the molecule is Cc1cc(/C=N\NC(=O)CSCc2ccc(Cl)cc2)c(C)n1-c1cc(Cl)cc(Cl)c1. The zero-order chi connectivity index (χ0) is 21.7. The number of hydrazone groups is 1. The van der Waals surface area contributed by atoms with Gasteiger partial charge in [-0.3, -0.25) is 4.79 Å². The second-order valence-corrected chi connectivity index (χ2v) is 9.00. The van der Waals surface area contributed by atoms with Crippen LogP contribution >= 0.6 is 46.6 Å². The summed E-state index contributed by atoms with van der Waals surface area (Å²) < 4.78 is 2.04. The van der Waals surface area contributed by atoms with E-state index in [4.69, 9.17) is 34.8 Å². The van der Waals surface area contributed by atoms with E-state index in [0.717, 1.165) is 34.0 Å². The van der Waals surface area contributed by atoms with Gasteiger partial charge in [-0.05, 0) is 55.8 Å². The summed E-state index contributed by atoms with van der Waals surface area (Å²) in [5, 5.41) is 5.95. The van der Waals surface area contributed by atoms with Crippen molar-refractivity contribution in [3.63, 3.8) is 0 Å². The molecule has 8 heteroatoms. The fraction of sp³-hybridized carbons (Fsp3) is 0.182. The van der Waals surface area contributed by atoms with Crippen LogP contribution in [0, 0.1) is 13.8 Å². The second kappa shape index (κ2) is 10.4. The standard InChI is InChI=1S/C22H20Cl3N3OS/c1-14-7-17(15(2)28(14)21-9-19(24)8-20(25)10-21)11-26-27-22(29)13-30-12-16-3-5-18(23)6-4-16/h3-11H,12-13H2,1-2H3,(H,27,29)/b26-11-. The molecule has 1 amide bonds. The van der Waals surface area contributed by atoms with Crippen molar-refractivity contribution in [2.45, 2.75) is 19.6 Å². The number of aryl methyl sites for hydroxylation is 1. The van der Waals surface area contributed by atoms with E-state index in [9.17, 15) is 4.79 Å². The highest BCUT2D eigenvalue weighted by molar-refractivity contribution is 7.99. The molecule has 0 fully saturated rings. The van der Waals surface area contributed by atoms with E-state index in [-0.39, 0.29) is 5.91 Å². The van der Waals surface area contributed by atoms with Crippen LogP contribution in [0.3, 0.4) is 0 Å². The third-order valence-corrected chi connectivity index (χ3v) is 6.08. The van der Waals surface area contributed by atoms with E-state index in [1.165, 1.54) is 11.8 Å². The van der Waals surface area contributed by atoms with Gasteiger partial charge in [0.1, 0.15) is 0 Å². The van der Waals surface area contributed by atoms with Crippen LogP contribution in [0.15, 0.2) is 53.6 Å². The minimum atomic E-state index is -0.152. The Hall–Kier alpha value is -1.92. The molecule has 0 spiro atoms. The van der Waals surface area contributed by atoms with Crippen LogP contribution in [0.25, 0.3) is 5.69 Å². The molecular formula is C22H20Cl3N3OS. The van der Waals surface area contributed by atoms with E-state index in [1.807, 2.05) is 60.9 Å². The first kappa shape index (κ1) is 22.8. The first-order chi connectivity index (χ1) is 14.3. The van der Waals surface area contributed by atoms with Gasteiger partial charge >= 0.3 is 0 Å². The van der Waals surface area contributed by atoms with Gasteiger partial charge in [-0.1, -0.05) is 46.9 Å². The molecule has 3 rings (SSSR count). The van der Waals surface area contributed by atoms with Crippen LogP contribution in [-0.2, 0) is 10.5 Å². The topological polar surface area (TPSA) is 46.4 Å². The Morgan fingerprint density at radius 1 is 1.03 bits per heavy atom. The van der Waals surface area contributed by atoms with Crippen LogP contribution in [0.1, 0.15) is 22.5 Å². The summed E-state index contributed by atoms with van der Waals surface area (Å²) in [5.74, 6) is 0.901. The van der Waals surface area contributed by atoms with Gasteiger partial charge in [-0.15, -0.1) is 11.8 Å². The molecule has 0 atom stereocenters. The average Bonchev–Trinajstić information content (AvgIpc) is 2.96. The Balaban J connectivity index is 1.58. The van der Waals surface area contributed by atoms with Crippen molar-refractivity contribution in [1.29, 1.82) is 0 Å². The van der Waals surface area contributed by atoms with Crippen molar-refractivity contribution in [2.24, 2.45) is 5.10 Å². The van der Waals surface area contributed by atoms with E-state index in [0.29, 0.717) is 20.8 Å². The molecule has 4 nitrogen and oxygen atoms in total. The van der Waals surface area contributed by atoms with Crippen LogP contribution in [0.2, 0.25) is 15.1 Å². The first-order valence-corrected chi connectivity index (χ1v) is 11.4. The number of rotatable bonds is 7. The van der Waals surface area contributed by atoms with Crippen molar-refractivity contribution in [1.82, 2.24) is 9.99 Å². The maximum atomic E-state index is 12.0. The van der Waals surface area contributed by atoms with Crippen LogP contribution in [0.5, 0.6) is 0 Å². The molecule has 0 saturated heterocycles. The Bertz CT molecular complexity index is 1060. The minimum Gasteiger partial charge on any atom is -0.318 e. The molecule has 0 aliphatic rings. The van der Waals surface area contributed by atoms with Crippen molar-refractivity contribution >= 4 is 58.7 Å². The van der Waals surface area contributed by atoms with Gasteiger partial charge in [0.25, 0.3) is 0 Å². The maximum Gasteiger partial charge on any atom is 0.250 e. The minimum absolute atomic E-state index is 0.152. The third kappa shape index (κ3) is 6.05. The number of nitrogens with zero attached hydrogens (tertiary/aromatic N) is 2. The Labute approximate surface area is 195 Å². The number of hydrogen-bond acceptors (Lipinski definition) is 3. The molecular weight excluding hydrogens is 461 g/mol. The van der Waals surface area contributed by atoms with Gasteiger partial charge in [0.15, 0.2) is 0 Å². The molecule has 1 aromatic heterocycles.